The van der Waals surface area contributed by atoms with E-state index in [1.165, 1.54) is 76.3 Å². The minimum Gasteiger partial charge on any atom is -0.491 e. The van der Waals surface area contributed by atoms with Gasteiger partial charge in [0.25, 0.3) is 0 Å². The van der Waals surface area contributed by atoms with E-state index in [0.29, 0.717) is 0 Å². The zero-order chi connectivity index (χ0) is 23.8. The van der Waals surface area contributed by atoms with E-state index in [0.717, 1.165) is 54.4 Å². The number of hydrogen-bond donors (Lipinski definition) is 2. The van der Waals surface area contributed by atoms with Gasteiger partial charge in [-0.2, -0.15) is 0 Å². The molecule has 4 nitrogen and oxygen atoms in total. The summed E-state index contributed by atoms with van der Waals surface area (Å²) in [5.74, 6) is 0.896. The van der Waals surface area contributed by atoms with Crippen LogP contribution in [0, 0.1) is 0 Å². The minimum absolute atomic E-state index is 0. The van der Waals surface area contributed by atoms with Gasteiger partial charge in [0, 0.05) is 18.0 Å². The molecule has 0 radical (unpaired) electrons. The molecule has 5 heteroatoms. The lowest BCUT2D eigenvalue weighted by molar-refractivity contribution is 0.309. The van der Waals surface area contributed by atoms with E-state index in [-0.39, 0.29) is 12.4 Å². The number of hydrogen-bond acceptors (Lipinski definition) is 2. The molecule has 0 amide bonds. The number of nitrogens with zero attached hydrogens (tertiary/aromatic N) is 1. The first kappa shape index (κ1) is 29.0. The number of rotatable bonds is 18. The van der Waals surface area contributed by atoms with E-state index >= 15 is 0 Å². The molecule has 0 atom stereocenters. The largest absolute Gasteiger partial charge is 0.491 e. The van der Waals surface area contributed by atoms with Gasteiger partial charge in [0.2, 0.25) is 0 Å². The summed E-state index contributed by atoms with van der Waals surface area (Å²) in [7, 11) is 0. The third kappa shape index (κ3) is 10.5. The summed E-state index contributed by atoms with van der Waals surface area (Å²) in [5.41, 5.74) is 5.29. The maximum atomic E-state index is 6.08. The molecule has 3 heterocycles. The third-order valence-electron chi connectivity index (χ3n) is 6.50. The van der Waals surface area contributed by atoms with E-state index in [4.69, 9.17) is 9.73 Å². The van der Waals surface area contributed by atoms with E-state index < -0.39 is 0 Å². The van der Waals surface area contributed by atoms with Crippen LogP contribution in [0.5, 0.6) is 5.75 Å². The van der Waals surface area contributed by atoms with Gasteiger partial charge in [0.15, 0.2) is 0 Å². The number of allylic oxidation sites excluding steroid dienone is 2. The van der Waals surface area contributed by atoms with Gasteiger partial charge >= 0.3 is 0 Å². The van der Waals surface area contributed by atoms with Crippen LogP contribution in [-0.2, 0) is 0 Å². The number of aliphatic imine (C=N–C) groups is 1. The van der Waals surface area contributed by atoms with Crippen molar-refractivity contribution in [1.82, 2.24) is 9.97 Å². The number of halogens is 1. The van der Waals surface area contributed by atoms with Crippen molar-refractivity contribution in [3.05, 3.63) is 47.9 Å². The molecule has 0 aliphatic carbocycles. The summed E-state index contributed by atoms with van der Waals surface area (Å²) in [6, 6.07) is 6.16. The fraction of sp³-hybridized carbons (Fsp3) is 0.567. The molecule has 35 heavy (non-hydrogen) atoms. The molecule has 0 aromatic carbocycles. The lowest BCUT2D eigenvalue weighted by Gasteiger charge is -2.04. The molecule has 0 unspecified atom stereocenters. The van der Waals surface area contributed by atoms with Crippen LogP contribution >= 0.6 is 12.4 Å². The molecule has 2 aromatic rings. The van der Waals surface area contributed by atoms with Crippen molar-refractivity contribution in [3.8, 4) is 17.1 Å². The maximum Gasteiger partial charge on any atom is 0.144 e. The molecule has 3 rings (SSSR count). The monoisotopic (exact) mass is 499 g/mol. The number of H-pyrrole nitrogens is 2. The van der Waals surface area contributed by atoms with Gasteiger partial charge in [-0.15, -0.1) is 12.4 Å². The van der Waals surface area contributed by atoms with Crippen LogP contribution in [0.3, 0.4) is 0 Å². The van der Waals surface area contributed by atoms with Crippen molar-refractivity contribution in [2.24, 2.45) is 4.99 Å². The van der Waals surface area contributed by atoms with Crippen molar-refractivity contribution >= 4 is 24.2 Å². The van der Waals surface area contributed by atoms with E-state index in [9.17, 15) is 0 Å². The zero-order valence-corrected chi connectivity index (χ0v) is 22.7. The molecule has 2 N–H and O–H groups in total. The molecule has 0 saturated heterocycles. The zero-order valence-electron chi connectivity index (χ0n) is 21.9. The van der Waals surface area contributed by atoms with Crippen LogP contribution in [0.1, 0.15) is 109 Å². The Balaban J connectivity index is 0.00000432. The van der Waals surface area contributed by atoms with Crippen LogP contribution < -0.4 is 4.74 Å². The summed E-state index contributed by atoms with van der Waals surface area (Å²) < 4.78 is 6.08. The summed E-state index contributed by atoms with van der Waals surface area (Å²) in [4.78, 5) is 11.6. The highest BCUT2D eigenvalue weighted by atomic mass is 35.5. The molecule has 194 valence electrons. The molecular formula is C30H46ClN3O. The predicted molar refractivity (Wildman–Crippen MR) is 154 cm³/mol. The standard InChI is InChI=1S/C30H45N3O.ClH/c1-3-5-7-8-9-10-11-12-13-14-15-17-25-19-20-26(32-25)23-29-30(34-22-6-4-2)24-28(33-29)27-18-16-21-31-27;/h16,18-21,23-24,31,33H,3-15,17,22H2,1-2H3;1H. The Morgan fingerprint density at radius 1 is 0.829 bits per heavy atom. The molecular weight excluding hydrogens is 454 g/mol. The van der Waals surface area contributed by atoms with E-state index in [1.807, 2.05) is 12.3 Å². The summed E-state index contributed by atoms with van der Waals surface area (Å²) in [6.45, 7) is 5.20. The Bertz CT molecular complexity index is 908. The quantitative estimate of drug-likeness (QED) is 0.197. The normalized spacial score (nSPS) is 13.9. The van der Waals surface area contributed by atoms with Crippen LogP contribution in [-0.4, -0.2) is 22.3 Å². The fourth-order valence-corrected chi connectivity index (χ4v) is 4.41. The molecule has 0 fully saturated rings. The van der Waals surface area contributed by atoms with Crippen LogP contribution in [0.25, 0.3) is 17.5 Å². The Kier molecular flexibility index (Phi) is 14.3. The van der Waals surface area contributed by atoms with Crippen molar-refractivity contribution < 1.29 is 4.74 Å². The van der Waals surface area contributed by atoms with Crippen molar-refractivity contribution in [3.63, 3.8) is 0 Å². The van der Waals surface area contributed by atoms with Crippen molar-refractivity contribution in [2.45, 2.75) is 104 Å². The second-order valence-corrected chi connectivity index (χ2v) is 9.54. The Morgan fingerprint density at radius 3 is 2.17 bits per heavy atom. The number of ether oxygens (including phenoxy) is 1. The molecule has 0 saturated carbocycles. The number of nitrogens with one attached hydrogen (secondary N) is 2. The SMILES string of the molecule is CCCCCCCCCCCCCC1=NC(=Cc2[nH]c(-c3ccc[nH]3)cc2OCCCC)C=C1.Cl. The fourth-order valence-electron chi connectivity index (χ4n) is 4.41. The summed E-state index contributed by atoms with van der Waals surface area (Å²) in [5, 5.41) is 0. The average molecular weight is 500 g/mol. The Labute approximate surface area is 219 Å². The van der Waals surface area contributed by atoms with Crippen LogP contribution in [0.4, 0.5) is 0 Å². The highest BCUT2D eigenvalue weighted by Gasteiger charge is 2.12. The first-order valence-corrected chi connectivity index (χ1v) is 13.8. The number of aromatic nitrogens is 2. The number of unbranched alkanes of at least 4 members (excludes halogenated alkanes) is 11. The maximum absolute atomic E-state index is 6.08. The van der Waals surface area contributed by atoms with Gasteiger partial charge in [-0.1, -0.05) is 84.5 Å². The molecule has 2 aromatic heterocycles. The second kappa shape index (κ2) is 17.3. The van der Waals surface area contributed by atoms with Gasteiger partial charge in [-0.05, 0) is 49.6 Å². The van der Waals surface area contributed by atoms with Gasteiger partial charge < -0.3 is 14.7 Å². The summed E-state index contributed by atoms with van der Waals surface area (Å²) in [6.07, 6.45) is 26.7. The average Bonchev–Trinajstić information content (AvgIpc) is 3.60. The van der Waals surface area contributed by atoms with Gasteiger partial charge in [-0.3, -0.25) is 4.99 Å². The van der Waals surface area contributed by atoms with Gasteiger partial charge in [0.1, 0.15) is 5.75 Å². The topological polar surface area (TPSA) is 53.2 Å². The Hall–Kier alpha value is -2.20. The first-order valence-electron chi connectivity index (χ1n) is 13.8. The minimum atomic E-state index is 0. The van der Waals surface area contributed by atoms with Gasteiger partial charge in [-0.25, -0.2) is 0 Å². The van der Waals surface area contributed by atoms with Crippen molar-refractivity contribution in [2.75, 3.05) is 6.61 Å². The van der Waals surface area contributed by atoms with Crippen LogP contribution in [0.15, 0.2) is 47.2 Å². The lowest BCUT2D eigenvalue weighted by Crippen LogP contribution is -1.96. The smallest absolute Gasteiger partial charge is 0.144 e. The highest BCUT2D eigenvalue weighted by Crippen LogP contribution is 2.29. The third-order valence-corrected chi connectivity index (χ3v) is 6.50. The summed E-state index contributed by atoms with van der Waals surface area (Å²) >= 11 is 0. The first-order chi connectivity index (χ1) is 16.8. The predicted octanol–water partition coefficient (Wildman–Crippen LogP) is 9.66. The second-order valence-electron chi connectivity index (χ2n) is 9.54. The van der Waals surface area contributed by atoms with E-state index in [2.05, 4.69) is 54.2 Å². The molecule has 0 bridgehead atoms. The molecule has 1 aliphatic heterocycles. The number of aromatic amines is 2. The molecule has 1 aliphatic rings. The van der Waals surface area contributed by atoms with E-state index in [1.54, 1.807) is 0 Å². The van der Waals surface area contributed by atoms with Gasteiger partial charge in [0.05, 0.1) is 29.4 Å². The Morgan fingerprint density at radius 2 is 1.51 bits per heavy atom. The lowest BCUT2D eigenvalue weighted by atomic mass is 10.0. The van der Waals surface area contributed by atoms with Crippen LogP contribution in [0.2, 0.25) is 0 Å². The van der Waals surface area contributed by atoms with Crippen molar-refractivity contribution in [1.29, 1.82) is 0 Å². The molecule has 0 spiro atoms. The highest BCUT2D eigenvalue weighted by molar-refractivity contribution is 5.99.